The summed E-state index contributed by atoms with van der Waals surface area (Å²) in [6, 6.07) is 7.08. The third kappa shape index (κ3) is 4.94. The number of nitrogens with one attached hydrogen (secondary N) is 1. The van der Waals surface area contributed by atoms with Gasteiger partial charge in [0, 0.05) is 18.7 Å². The first kappa shape index (κ1) is 14.1. The minimum Gasteiger partial charge on any atom is -0.370 e. The Morgan fingerprint density at radius 2 is 2.11 bits per heavy atom. The first-order chi connectivity index (χ1) is 8.63. The van der Waals surface area contributed by atoms with E-state index < -0.39 is 5.91 Å². The van der Waals surface area contributed by atoms with E-state index in [1.165, 1.54) is 0 Å². The van der Waals surface area contributed by atoms with Crippen LogP contribution in [0.1, 0.15) is 15.9 Å². The molecule has 1 aromatic carbocycles. The first-order valence-electron chi connectivity index (χ1n) is 5.56. The molecule has 5 N–H and O–H groups in total. The number of amides is 2. The molecule has 18 heavy (non-hydrogen) atoms. The zero-order valence-corrected chi connectivity index (χ0v) is 10.0. The van der Waals surface area contributed by atoms with Gasteiger partial charge in [0.25, 0.3) is 5.91 Å². The fourth-order valence-electron chi connectivity index (χ4n) is 1.35. The average Bonchev–Trinajstić information content (AvgIpc) is 2.37. The summed E-state index contributed by atoms with van der Waals surface area (Å²) in [5, 5.41) is 2.67. The highest BCUT2D eigenvalue weighted by Gasteiger charge is 2.05. The van der Waals surface area contributed by atoms with E-state index in [9.17, 15) is 9.59 Å². The fourth-order valence-corrected chi connectivity index (χ4v) is 1.35. The Morgan fingerprint density at radius 1 is 1.33 bits per heavy atom. The van der Waals surface area contributed by atoms with Gasteiger partial charge in [0.2, 0.25) is 5.91 Å². The van der Waals surface area contributed by atoms with Crippen molar-refractivity contribution in [3.8, 4) is 0 Å². The molecule has 1 aromatic rings. The molecule has 0 heterocycles. The molecule has 0 saturated carbocycles. The summed E-state index contributed by atoms with van der Waals surface area (Å²) in [6.07, 6.45) is 0. The summed E-state index contributed by atoms with van der Waals surface area (Å²) in [5.41, 5.74) is 11.8. The van der Waals surface area contributed by atoms with Crippen molar-refractivity contribution >= 4 is 11.8 Å². The van der Waals surface area contributed by atoms with E-state index in [4.69, 9.17) is 16.2 Å². The number of hydrogen-bond acceptors (Lipinski definition) is 4. The lowest BCUT2D eigenvalue weighted by molar-refractivity contribution is -0.122. The molecule has 0 bridgehead atoms. The Bertz CT molecular complexity index is 421. The monoisotopic (exact) mass is 251 g/mol. The molecule has 6 nitrogen and oxygen atoms in total. The van der Waals surface area contributed by atoms with Crippen LogP contribution in [0.5, 0.6) is 0 Å². The molecule has 0 aliphatic rings. The predicted octanol–water partition coefficient (Wildman–Crippen LogP) is -0.623. The first-order valence-corrected chi connectivity index (χ1v) is 5.56. The van der Waals surface area contributed by atoms with Crippen molar-refractivity contribution in [3.05, 3.63) is 35.4 Å². The number of benzene rings is 1. The van der Waals surface area contributed by atoms with E-state index in [1.54, 1.807) is 18.2 Å². The molecule has 0 atom stereocenters. The van der Waals surface area contributed by atoms with Crippen LogP contribution in [0.15, 0.2) is 24.3 Å². The van der Waals surface area contributed by atoms with Crippen molar-refractivity contribution in [2.45, 2.75) is 6.54 Å². The molecule has 6 heteroatoms. The number of carbonyl (C=O) groups is 2. The van der Waals surface area contributed by atoms with Gasteiger partial charge in [0.05, 0.1) is 6.61 Å². The highest BCUT2D eigenvalue weighted by Crippen LogP contribution is 2.04. The molecule has 0 radical (unpaired) electrons. The zero-order valence-electron chi connectivity index (χ0n) is 10.0. The van der Waals surface area contributed by atoms with Crippen LogP contribution in [-0.4, -0.2) is 31.6 Å². The van der Waals surface area contributed by atoms with Crippen molar-refractivity contribution in [3.63, 3.8) is 0 Å². The summed E-state index contributed by atoms with van der Waals surface area (Å²) in [7, 11) is 0. The van der Waals surface area contributed by atoms with E-state index in [-0.39, 0.29) is 19.1 Å². The maximum absolute atomic E-state index is 11.7. The molecule has 0 fully saturated rings. The van der Waals surface area contributed by atoms with Gasteiger partial charge in [0.1, 0.15) is 6.61 Å². The lowest BCUT2D eigenvalue weighted by Crippen LogP contribution is -2.28. The highest BCUT2D eigenvalue weighted by atomic mass is 16.5. The van der Waals surface area contributed by atoms with Gasteiger partial charge in [-0.05, 0) is 17.7 Å². The third-order valence-corrected chi connectivity index (χ3v) is 2.20. The summed E-state index contributed by atoms with van der Waals surface area (Å²) >= 11 is 0. The molecule has 0 aromatic heterocycles. The predicted molar refractivity (Wildman–Crippen MR) is 66.7 cm³/mol. The summed E-state index contributed by atoms with van der Waals surface area (Å²) in [6.45, 7) is 0.811. The van der Waals surface area contributed by atoms with Crippen LogP contribution >= 0.6 is 0 Å². The van der Waals surface area contributed by atoms with Crippen LogP contribution in [-0.2, 0) is 16.1 Å². The summed E-state index contributed by atoms with van der Waals surface area (Å²) in [5.74, 6) is -0.732. The standard InChI is InChI=1S/C12H17N3O3/c13-7-9-2-1-3-10(6-9)12(17)15-4-5-18-8-11(14)16/h1-3,6H,4-5,7-8,13H2,(H2,14,16)(H,15,17). The van der Waals surface area contributed by atoms with Gasteiger partial charge < -0.3 is 21.5 Å². The molecule has 0 aliphatic heterocycles. The number of rotatable bonds is 7. The molecule has 2 amide bonds. The SMILES string of the molecule is NCc1cccc(C(=O)NCCOCC(N)=O)c1. The number of hydrogen-bond donors (Lipinski definition) is 3. The van der Waals surface area contributed by atoms with Crippen molar-refractivity contribution in [1.29, 1.82) is 0 Å². The second kappa shape index (κ2) is 7.41. The summed E-state index contributed by atoms with van der Waals surface area (Å²) < 4.78 is 4.92. The van der Waals surface area contributed by atoms with Crippen LogP contribution < -0.4 is 16.8 Å². The van der Waals surface area contributed by atoms with Crippen LogP contribution in [0.4, 0.5) is 0 Å². The third-order valence-electron chi connectivity index (χ3n) is 2.20. The Morgan fingerprint density at radius 3 is 2.78 bits per heavy atom. The molecule has 98 valence electrons. The van der Waals surface area contributed by atoms with Crippen molar-refractivity contribution in [2.24, 2.45) is 11.5 Å². The molecular formula is C12H17N3O3. The van der Waals surface area contributed by atoms with E-state index in [2.05, 4.69) is 5.32 Å². The van der Waals surface area contributed by atoms with Gasteiger partial charge in [-0.1, -0.05) is 12.1 Å². The maximum Gasteiger partial charge on any atom is 0.251 e. The smallest absolute Gasteiger partial charge is 0.251 e. The second-order valence-electron chi connectivity index (χ2n) is 3.68. The Hall–Kier alpha value is -1.92. The fraction of sp³-hybridized carbons (Fsp3) is 0.333. The number of nitrogens with two attached hydrogens (primary N) is 2. The van der Waals surface area contributed by atoms with Crippen molar-refractivity contribution in [1.82, 2.24) is 5.32 Å². The molecule has 0 aliphatic carbocycles. The van der Waals surface area contributed by atoms with Gasteiger partial charge in [-0.2, -0.15) is 0 Å². The minimum absolute atomic E-state index is 0.140. The van der Waals surface area contributed by atoms with Gasteiger partial charge in [-0.25, -0.2) is 0 Å². The maximum atomic E-state index is 11.7. The lowest BCUT2D eigenvalue weighted by atomic mass is 10.1. The molecule has 0 spiro atoms. The van der Waals surface area contributed by atoms with Gasteiger partial charge in [-0.3, -0.25) is 9.59 Å². The van der Waals surface area contributed by atoms with E-state index >= 15 is 0 Å². The van der Waals surface area contributed by atoms with Crippen molar-refractivity contribution < 1.29 is 14.3 Å². The average molecular weight is 251 g/mol. The Kier molecular flexibility index (Phi) is 5.83. The molecule has 1 rings (SSSR count). The van der Waals surface area contributed by atoms with Crippen LogP contribution in [0.2, 0.25) is 0 Å². The van der Waals surface area contributed by atoms with Gasteiger partial charge in [-0.15, -0.1) is 0 Å². The van der Waals surface area contributed by atoms with Crippen LogP contribution in [0.3, 0.4) is 0 Å². The quantitative estimate of drug-likeness (QED) is 0.561. The largest absolute Gasteiger partial charge is 0.370 e. The summed E-state index contributed by atoms with van der Waals surface area (Å²) in [4.78, 5) is 22.1. The lowest BCUT2D eigenvalue weighted by Gasteiger charge is -2.06. The van der Waals surface area contributed by atoms with E-state index in [0.29, 0.717) is 18.7 Å². The van der Waals surface area contributed by atoms with E-state index in [0.717, 1.165) is 5.56 Å². The van der Waals surface area contributed by atoms with Gasteiger partial charge >= 0.3 is 0 Å². The van der Waals surface area contributed by atoms with Crippen LogP contribution in [0.25, 0.3) is 0 Å². The molecular weight excluding hydrogens is 234 g/mol. The molecule has 0 unspecified atom stereocenters. The highest BCUT2D eigenvalue weighted by molar-refractivity contribution is 5.94. The Balaban J connectivity index is 2.33. The van der Waals surface area contributed by atoms with E-state index in [1.807, 2.05) is 6.07 Å². The topological polar surface area (TPSA) is 107 Å². The minimum atomic E-state index is -0.531. The zero-order chi connectivity index (χ0) is 13.4. The van der Waals surface area contributed by atoms with Crippen LogP contribution in [0, 0.1) is 0 Å². The number of ether oxygens (including phenoxy) is 1. The molecule has 0 saturated heterocycles. The van der Waals surface area contributed by atoms with Gasteiger partial charge in [0.15, 0.2) is 0 Å². The normalized spacial score (nSPS) is 10.1. The number of carbonyl (C=O) groups excluding carboxylic acids is 2. The second-order valence-corrected chi connectivity index (χ2v) is 3.68. The number of primary amides is 1. The van der Waals surface area contributed by atoms with Crippen molar-refractivity contribution in [2.75, 3.05) is 19.8 Å². The Labute approximate surface area is 105 Å².